The third-order valence-corrected chi connectivity index (χ3v) is 3.19. The molecule has 1 heterocycles. The number of benzene rings is 1. The molecule has 0 spiro atoms. The second-order valence-electron chi connectivity index (χ2n) is 5.32. The van der Waals surface area contributed by atoms with Crippen molar-refractivity contribution in [1.29, 1.82) is 0 Å². The van der Waals surface area contributed by atoms with E-state index in [1.807, 2.05) is 24.3 Å². The molecule has 0 aliphatic rings. The fourth-order valence-corrected chi connectivity index (χ4v) is 1.93. The van der Waals surface area contributed by atoms with Crippen molar-refractivity contribution in [3.8, 4) is 0 Å². The van der Waals surface area contributed by atoms with Crippen LogP contribution in [0.15, 0.2) is 48.7 Å². The van der Waals surface area contributed by atoms with Crippen molar-refractivity contribution in [2.24, 2.45) is 0 Å². The largest absolute Gasteiger partial charge is 0.384 e. The molecule has 1 aromatic heterocycles. The lowest BCUT2D eigenvalue weighted by Gasteiger charge is -2.12. The Morgan fingerprint density at radius 2 is 1.91 bits per heavy atom. The van der Waals surface area contributed by atoms with E-state index in [0.29, 0.717) is 12.2 Å². The van der Waals surface area contributed by atoms with Crippen LogP contribution in [-0.2, 0) is 6.54 Å². The average Bonchev–Trinajstić information content (AvgIpc) is 2.54. The highest BCUT2D eigenvalue weighted by Gasteiger charge is 2.05. The lowest BCUT2D eigenvalue weighted by molar-refractivity contribution is 0.0946. The second-order valence-corrected chi connectivity index (χ2v) is 5.32. The van der Waals surface area contributed by atoms with Gasteiger partial charge in [0.15, 0.2) is 0 Å². The van der Waals surface area contributed by atoms with E-state index < -0.39 is 0 Å². The third kappa shape index (κ3) is 5.18. The van der Waals surface area contributed by atoms with E-state index in [0.717, 1.165) is 24.3 Å². The van der Waals surface area contributed by atoms with Gasteiger partial charge in [-0.15, -0.1) is 0 Å². The van der Waals surface area contributed by atoms with Gasteiger partial charge in [0.1, 0.15) is 5.69 Å². The highest BCUT2D eigenvalue weighted by molar-refractivity contribution is 5.92. The fraction of sp³-hybridized carbons (Fsp3) is 0.294. The number of pyridine rings is 1. The van der Waals surface area contributed by atoms with Gasteiger partial charge in [-0.25, -0.2) is 0 Å². The minimum Gasteiger partial charge on any atom is -0.384 e. The molecule has 1 aromatic carbocycles. The topological polar surface area (TPSA) is 57.3 Å². The summed E-state index contributed by atoms with van der Waals surface area (Å²) in [5.74, 6) is -0.159. The molecule has 5 heteroatoms. The lowest BCUT2D eigenvalue weighted by atomic mass is 10.2. The zero-order valence-electron chi connectivity index (χ0n) is 13.0. The minimum absolute atomic E-state index is 0.159. The Kier molecular flexibility index (Phi) is 5.91. The van der Waals surface area contributed by atoms with Crippen LogP contribution in [0.5, 0.6) is 0 Å². The Morgan fingerprint density at radius 1 is 1.14 bits per heavy atom. The first-order chi connectivity index (χ1) is 10.6. The summed E-state index contributed by atoms with van der Waals surface area (Å²) in [6.45, 7) is 2.39. The quantitative estimate of drug-likeness (QED) is 0.821. The van der Waals surface area contributed by atoms with E-state index in [2.05, 4.69) is 34.6 Å². The van der Waals surface area contributed by atoms with Gasteiger partial charge < -0.3 is 15.5 Å². The van der Waals surface area contributed by atoms with Crippen LogP contribution in [0.1, 0.15) is 16.1 Å². The number of anilines is 1. The van der Waals surface area contributed by atoms with Gasteiger partial charge in [-0.1, -0.05) is 18.2 Å². The Morgan fingerprint density at radius 3 is 2.55 bits per heavy atom. The number of hydrogen-bond donors (Lipinski definition) is 2. The number of nitrogens with zero attached hydrogens (tertiary/aromatic N) is 2. The van der Waals surface area contributed by atoms with Crippen molar-refractivity contribution in [1.82, 2.24) is 15.2 Å². The van der Waals surface area contributed by atoms with Crippen LogP contribution in [-0.4, -0.2) is 43.0 Å². The lowest BCUT2D eigenvalue weighted by Crippen LogP contribution is -2.23. The van der Waals surface area contributed by atoms with Gasteiger partial charge in [0.25, 0.3) is 5.91 Å². The van der Waals surface area contributed by atoms with E-state index in [4.69, 9.17) is 0 Å². The minimum atomic E-state index is -0.159. The molecule has 0 fully saturated rings. The Hall–Kier alpha value is -2.40. The van der Waals surface area contributed by atoms with Gasteiger partial charge in [0.2, 0.25) is 0 Å². The predicted molar refractivity (Wildman–Crippen MR) is 88.9 cm³/mol. The van der Waals surface area contributed by atoms with Crippen molar-refractivity contribution in [3.63, 3.8) is 0 Å². The van der Waals surface area contributed by atoms with Crippen molar-refractivity contribution >= 4 is 11.6 Å². The summed E-state index contributed by atoms with van der Waals surface area (Å²) in [6.07, 6.45) is 1.61. The van der Waals surface area contributed by atoms with Gasteiger partial charge >= 0.3 is 0 Å². The third-order valence-electron chi connectivity index (χ3n) is 3.19. The molecule has 0 radical (unpaired) electrons. The first kappa shape index (κ1) is 16.0. The highest BCUT2D eigenvalue weighted by Crippen LogP contribution is 2.09. The molecule has 1 amide bonds. The van der Waals surface area contributed by atoms with Crippen molar-refractivity contribution < 1.29 is 4.79 Å². The number of aromatic nitrogens is 1. The number of hydrogen-bond acceptors (Lipinski definition) is 4. The first-order valence-corrected chi connectivity index (χ1v) is 7.32. The SMILES string of the molecule is CN(C)CCNc1ccc(CNC(=O)c2ccccn2)cc1. The zero-order chi connectivity index (χ0) is 15.8. The Labute approximate surface area is 131 Å². The number of likely N-dealkylation sites (N-methyl/N-ethyl adjacent to an activating group) is 1. The molecule has 0 unspecified atom stereocenters. The van der Waals surface area contributed by atoms with Crippen LogP contribution in [0.25, 0.3) is 0 Å². The molecule has 5 nitrogen and oxygen atoms in total. The Balaban J connectivity index is 1.80. The second kappa shape index (κ2) is 8.14. The smallest absolute Gasteiger partial charge is 0.270 e. The summed E-state index contributed by atoms with van der Waals surface area (Å²) in [4.78, 5) is 18.1. The van der Waals surface area contributed by atoms with Crippen molar-refractivity contribution in [2.45, 2.75) is 6.54 Å². The van der Waals surface area contributed by atoms with Gasteiger partial charge in [-0.3, -0.25) is 9.78 Å². The molecule has 116 valence electrons. The molecule has 0 aliphatic heterocycles. The van der Waals surface area contributed by atoms with Crippen LogP contribution in [0.4, 0.5) is 5.69 Å². The molecule has 2 N–H and O–H groups in total. The summed E-state index contributed by atoms with van der Waals surface area (Å²) >= 11 is 0. The number of rotatable bonds is 7. The summed E-state index contributed by atoms with van der Waals surface area (Å²) in [5, 5.41) is 6.22. The van der Waals surface area contributed by atoms with Crippen molar-refractivity contribution in [2.75, 3.05) is 32.5 Å². The average molecular weight is 298 g/mol. The van der Waals surface area contributed by atoms with Gasteiger partial charge in [-0.05, 0) is 43.9 Å². The number of amides is 1. The molecule has 2 aromatic rings. The maximum absolute atomic E-state index is 11.9. The number of nitrogens with one attached hydrogen (secondary N) is 2. The molecule has 22 heavy (non-hydrogen) atoms. The molecule has 0 saturated heterocycles. The molecule has 0 bridgehead atoms. The normalized spacial score (nSPS) is 10.5. The summed E-state index contributed by atoms with van der Waals surface area (Å²) < 4.78 is 0. The van der Waals surface area contributed by atoms with Gasteiger partial charge in [0, 0.05) is 31.5 Å². The molecular weight excluding hydrogens is 276 g/mol. The first-order valence-electron chi connectivity index (χ1n) is 7.32. The van der Waals surface area contributed by atoms with Crippen LogP contribution < -0.4 is 10.6 Å². The van der Waals surface area contributed by atoms with Crippen LogP contribution in [0.2, 0.25) is 0 Å². The standard InChI is InChI=1S/C17H22N4O/c1-21(2)12-11-18-15-8-6-14(7-9-15)13-20-17(22)16-5-3-4-10-19-16/h3-10,18H,11-13H2,1-2H3,(H,20,22). The molecule has 2 rings (SSSR count). The summed E-state index contributed by atoms with van der Waals surface area (Å²) in [5.41, 5.74) is 2.58. The summed E-state index contributed by atoms with van der Waals surface area (Å²) in [7, 11) is 4.10. The molecule has 0 atom stereocenters. The molecule has 0 aliphatic carbocycles. The number of carbonyl (C=O) groups is 1. The fourth-order valence-electron chi connectivity index (χ4n) is 1.93. The van der Waals surface area contributed by atoms with Crippen LogP contribution in [0.3, 0.4) is 0 Å². The maximum atomic E-state index is 11.9. The Bertz CT molecular complexity index is 581. The molecule has 0 saturated carbocycles. The van der Waals surface area contributed by atoms with Gasteiger partial charge in [0.05, 0.1) is 0 Å². The van der Waals surface area contributed by atoms with Crippen molar-refractivity contribution in [3.05, 3.63) is 59.9 Å². The van der Waals surface area contributed by atoms with E-state index in [1.165, 1.54) is 0 Å². The maximum Gasteiger partial charge on any atom is 0.270 e. The van der Waals surface area contributed by atoms with Crippen LogP contribution >= 0.6 is 0 Å². The summed E-state index contributed by atoms with van der Waals surface area (Å²) in [6, 6.07) is 13.4. The van der Waals surface area contributed by atoms with Crippen LogP contribution in [0, 0.1) is 0 Å². The molecular formula is C17H22N4O. The van der Waals surface area contributed by atoms with E-state index in [1.54, 1.807) is 24.4 Å². The highest BCUT2D eigenvalue weighted by atomic mass is 16.1. The number of carbonyl (C=O) groups excluding carboxylic acids is 1. The van der Waals surface area contributed by atoms with E-state index >= 15 is 0 Å². The monoisotopic (exact) mass is 298 g/mol. The zero-order valence-corrected chi connectivity index (χ0v) is 13.0. The van der Waals surface area contributed by atoms with Gasteiger partial charge in [-0.2, -0.15) is 0 Å². The van der Waals surface area contributed by atoms with E-state index in [9.17, 15) is 4.79 Å². The van der Waals surface area contributed by atoms with E-state index in [-0.39, 0.29) is 5.91 Å². The predicted octanol–water partition coefficient (Wildman–Crippen LogP) is 1.99.